The van der Waals surface area contributed by atoms with Crippen molar-refractivity contribution in [2.75, 3.05) is 0 Å². The fourth-order valence-corrected chi connectivity index (χ4v) is 2.24. The van der Waals surface area contributed by atoms with Gasteiger partial charge in [-0.1, -0.05) is 42.5 Å². The van der Waals surface area contributed by atoms with E-state index in [9.17, 15) is 10.2 Å². The first-order chi connectivity index (χ1) is 10.2. The van der Waals surface area contributed by atoms with Crippen LogP contribution in [0.15, 0.2) is 73.1 Å². The van der Waals surface area contributed by atoms with Gasteiger partial charge in [-0.05, 0) is 34.9 Å². The summed E-state index contributed by atoms with van der Waals surface area (Å²) in [5.74, 6) is 0.252. The summed E-state index contributed by atoms with van der Waals surface area (Å²) in [4.78, 5) is 4.02. The van der Waals surface area contributed by atoms with Crippen molar-refractivity contribution >= 4 is 0 Å². The molecule has 0 bridgehead atoms. The molecular weight excluding hydrogens is 262 g/mol. The van der Waals surface area contributed by atoms with Gasteiger partial charge in [0.1, 0.15) is 11.9 Å². The molecule has 2 aromatic carbocycles. The van der Waals surface area contributed by atoms with Gasteiger partial charge >= 0.3 is 0 Å². The van der Waals surface area contributed by atoms with Crippen LogP contribution >= 0.6 is 0 Å². The maximum Gasteiger partial charge on any atom is 0.115 e. The Labute approximate surface area is 123 Å². The quantitative estimate of drug-likeness (QED) is 0.770. The molecule has 0 spiro atoms. The molecule has 3 rings (SSSR count). The summed E-state index contributed by atoms with van der Waals surface area (Å²) in [5, 5.41) is 19.6. The molecule has 0 amide bonds. The highest BCUT2D eigenvalue weighted by atomic mass is 16.3. The Balaban J connectivity index is 1.85. The van der Waals surface area contributed by atoms with Gasteiger partial charge in [0.25, 0.3) is 0 Å². The van der Waals surface area contributed by atoms with E-state index in [-0.39, 0.29) is 5.75 Å². The van der Waals surface area contributed by atoms with Crippen molar-refractivity contribution in [2.24, 2.45) is 0 Å². The van der Waals surface area contributed by atoms with E-state index in [4.69, 9.17) is 0 Å². The zero-order valence-electron chi connectivity index (χ0n) is 11.3. The molecule has 3 nitrogen and oxygen atoms in total. The number of phenolic OH excluding ortho intramolecular Hbond substituents is 1. The van der Waals surface area contributed by atoms with Crippen LogP contribution in [0.3, 0.4) is 0 Å². The molecule has 1 unspecified atom stereocenters. The van der Waals surface area contributed by atoms with Crippen molar-refractivity contribution in [3.8, 4) is 16.9 Å². The summed E-state index contributed by atoms with van der Waals surface area (Å²) in [5.41, 5.74) is 3.66. The summed E-state index contributed by atoms with van der Waals surface area (Å²) in [6.45, 7) is 0. The van der Waals surface area contributed by atoms with Crippen LogP contribution in [0.2, 0.25) is 0 Å². The highest BCUT2D eigenvalue weighted by Crippen LogP contribution is 2.26. The highest BCUT2D eigenvalue weighted by molar-refractivity contribution is 5.64. The third kappa shape index (κ3) is 2.93. The zero-order chi connectivity index (χ0) is 14.7. The average Bonchev–Trinajstić information content (AvgIpc) is 2.56. The third-order valence-electron chi connectivity index (χ3n) is 3.43. The summed E-state index contributed by atoms with van der Waals surface area (Å²) in [7, 11) is 0. The van der Waals surface area contributed by atoms with E-state index < -0.39 is 6.10 Å². The van der Waals surface area contributed by atoms with E-state index in [1.165, 1.54) is 0 Å². The minimum atomic E-state index is -0.674. The number of aliphatic hydroxyl groups is 1. The standard InChI is InChI=1S/C18H15NO2/c20-17-9-7-14(8-10-17)13-3-5-15(6-4-13)18(21)16-2-1-11-19-12-16/h1-12,18,20-21H. The smallest absolute Gasteiger partial charge is 0.115 e. The molecule has 1 aromatic heterocycles. The average molecular weight is 277 g/mol. The lowest BCUT2D eigenvalue weighted by atomic mass is 9.99. The van der Waals surface area contributed by atoms with Gasteiger partial charge in [-0.25, -0.2) is 0 Å². The van der Waals surface area contributed by atoms with Crippen LogP contribution < -0.4 is 0 Å². The van der Waals surface area contributed by atoms with Gasteiger partial charge in [0, 0.05) is 18.0 Å². The number of aliphatic hydroxyl groups excluding tert-OH is 1. The van der Waals surface area contributed by atoms with Crippen molar-refractivity contribution in [3.63, 3.8) is 0 Å². The second-order valence-corrected chi connectivity index (χ2v) is 4.86. The topological polar surface area (TPSA) is 53.4 Å². The van der Waals surface area contributed by atoms with Gasteiger partial charge in [0.15, 0.2) is 0 Å². The Hall–Kier alpha value is -2.65. The molecular formula is C18H15NO2. The normalized spacial score (nSPS) is 12.0. The molecule has 104 valence electrons. The van der Waals surface area contributed by atoms with E-state index in [2.05, 4.69) is 4.98 Å². The first-order valence-electron chi connectivity index (χ1n) is 6.71. The number of nitrogens with zero attached hydrogens (tertiary/aromatic N) is 1. The van der Waals surface area contributed by atoms with Crippen molar-refractivity contribution in [1.29, 1.82) is 0 Å². The summed E-state index contributed by atoms with van der Waals surface area (Å²) >= 11 is 0. The molecule has 0 aliphatic rings. The van der Waals surface area contributed by atoms with E-state index in [0.717, 1.165) is 22.3 Å². The van der Waals surface area contributed by atoms with Crippen LogP contribution in [0, 0.1) is 0 Å². The Bertz CT molecular complexity index is 706. The van der Waals surface area contributed by atoms with Gasteiger partial charge in [-0.2, -0.15) is 0 Å². The van der Waals surface area contributed by atoms with Gasteiger partial charge in [0.05, 0.1) is 0 Å². The third-order valence-corrected chi connectivity index (χ3v) is 3.43. The summed E-state index contributed by atoms with van der Waals surface area (Å²) < 4.78 is 0. The lowest BCUT2D eigenvalue weighted by Gasteiger charge is -2.11. The number of rotatable bonds is 3. The Morgan fingerprint density at radius 1 is 0.762 bits per heavy atom. The second kappa shape index (κ2) is 5.77. The first kappa shape index (κ1) is 13.3. The molecule has 0 aliphatic carbocycles. The second-order valence-electron chi connectivity index (χ2n) is 4.86. The van der Waals surface area contributed by atoms with Crippen LogP contribution in [0.4, 0.5) is 0 Å². The summed E-state index contributed by atoms with van der Waals surface area (Å²) in [6.07, 6.45) is 2.68. The number of benzene rings is 2. The van der Waals surface area contributed by atoms with Crippen LogP contribution in [0.1, 0.15) is 17.2 Å². The van der Waals surface area contributed by atoms with Crippen molar-refractivity contribution in [2.45, 2.75) is 6.10 Å². The molecule has 0 saturated heterocycles. The number of hydrogen-bond donors (Lipinski definition) is 2. The summed E-state index contributed by atoms with van der Waals surface area (Å²) in [6, 6.07) is 18.4. The Morgan fingerprint density at radius 3 is 1.95 bits per heavy atom. The molecule has 1 heterocycles. The van der Waals surface area contributed by atoms with Gasteiger partial charge < -0.3 is 10.2 Å². The van der Waals surface area contributed by atoms with Gasteiger partial charge in [0.2, 0.25) is 0 Å². The number of phenols is 1. The zero-order valence-corrected chi connectivity index (χ0v) is 11.3. The van der Waals surface area contributed by atoms with Gasteiger partial charge in [-0.15, -0.1) is 0 Å². The van der Waals surface area contributed by atoms with E-state index >= 15 is 0 Å². The predicted octanol–water partition coefficient (Wildman–Crippen LogP) is 3.54. The molecule has 0 radical (unpaired) electrons. The number of aromatic nitrogens is 1. The molecule has 3 aromatic rings. The number of aromatic hydroxyl groups is 1. The van der Waals surface area contributed by atoms with Crippen LogP contribution in [-0.2, 0) is 0 Å². The monoisotopic (exact) mass is 277 g/mol. The number of pyridine rings is 1. The van der Waals surface area contributed by atoms with Crippen molar-refractivity contribution < 1.29 is 10.2 Å². The SMILES string of the molecule is Oc1ccc(-c2ccc(C(O)c3cccnc3)cc2)cc1. The number of hydrogen-bond acceptors (Lipinski definition) is 3. The van der Waals surface area contributed by atoms with Crippen LogP contribution in [-0.4, -0.2) is 15.2 Å². The van der Waals surface area contributed by atoms with E-state index in [1.807, 2.05) is 48.5 Å². The van der Waals surface area contributed by atoms with E-state index in [1.54, 1.807) is 24.5 Å². The predicted molar refractivity (Wildman–Crippen MR) is 81.8 cm³/mol. The molecule has 0 aliphatic heterocycles. The Kier molecular flexibility index (Phi) is 3.67. The molecule has 0 saturated carbocycles. The lowest BCUT2D eigenvalue weighted by Crippen LogP contribution is -1.99. The maximum atomic E-state index is 10.3. The molecule has 2 N–H and O–H groups in total. The molecule has 0 fully saturated rings. The van der Waals surface area contributed by atoms with Gasteiger partial charge in [-0.3, -0.25) is 4.98 Å². The van der Waals surface area contributed by atoms with Crippen LogP contribution in [0.25, 0.3) is 11.1 Å². The first-order valence-corrected chi connectivity index (χ1v) is 6.71. The minimum Gasteiger partial charge on any atom is -0.508 e. The molecule has 21 heavy (non-hydrogen) atoms. The van der Waals surface area contributed by atoms with E-state index in [0.29, 0.717) is 0 Å². The molecule has 1 atom stereocenters. The fraction of sp³-hybridized carbons (Fsp3) is 0.0556. The van der Waals surface area contributed by atoms with Crippen molar-refractivity contribution in [3.05, 3.63) is 84.2 Å². The minimum absolute atomic E-state index is 0.252. The highest BCUT2D eigenvalue weighted by Gasteiger charge is 2.10. The van der Waals surface area contributed by atoms with Crippen molar-refractivity contribution in [1.82, 2.24) is 4.98 Å². The lowest BCUT2D eigenvalue weighted by molar-refractivity contribution is 0.220. The maximum absolute atomic E-state index is 10.3. The fourth-order valence-electron chi connectivity index (χ4n) is 2.24. The largest absolute Gasteiger partial charge is 0.508 e. The van der Waals surface area contributed by atoms with Crippen LogP contribution in [0.5, 0.6) is 5.75 Å². The Morgan fingerprint density at radius 2 is 1.38 bits per heavy atom. The molecule has 3 heteroatoms.